The molecular weight excluding hydrogens is 502 g/mol. The SMILES string of the molecule is Nc1nc(C(=NO)C(=O)NC2C(=O)N3CC(C=Cc4nnsc4Cl)(C(=O)O)CS[C@H]23)cs1. The molecule has 2 fully saturated rings. The molecule has 2 amide bonds. The molecule has 4 rings (SSSR count). The van der Waals surface area contributed by atoms with Gasteiger partial charge in [0.25, 0.3) is 5.91 Å². The predicted octanol–water partition coefficient (Wildman–Crippen LogP) is 0.593. The van der Waals surface area contributed by atoms with Crippen molar-refractivity contribution in [3.05, 3.63) is 27.2 Å². The predicted molar refractivity (Wildman–Crippen MR) is 119 cm³/mol. The first-order valence-corrected chi connectivity index (χ1v) is 11.9. The van der Waals surface area contributed by atoms with Crippen molar-refractivity contribution >= 4 is 80.9 Å². The summed E-state index contributed by atoms with van der Waals surface area (Å²) in [6.45, 7) is -0.0829. The zero-order valence-corrected chi connectivity index (χ0v) is 19.0. The van der Waals surface area contributed by atoms with Crippen molar-refractivity contribution in [2.45, 2.75) is 11.4 Å². The number of aromatic nitrogens is 3. The van der Waals surface area contributed by atoms with Crippen LogP contribution in [0, 0.1) is 5.41 Å². The van der Waals surface area contributed by atoms with E-state index in [9.17, 15) is 24.7 Å². The lowest BCUT2D eigenvalue weighted by atomic mass is 9.86. The van der Waals surface area contributed by atoms with Gasteiger partial charge in [0.05, 0.1) is 0 Å². The third kappa shape index (κ3) is 3.92. The molecule has 0 aromatic carbocycles. The number of halogens is 1. The maximum atomic E-state index is 12.7. The number of nitrogens with one attached hydrogen (secondary N) is 1. The van der Waals surface area contributed by atoms with Crippen LogP contribution in [0.3, 0.4) is 0 Å². The summed E-state index contributed by atoms with van der Waals surface area (Å²) in [5, 5.41) is 29.6. The molecule has 2 aliphatic rings. The normalized spacial score (nSPS) is 25.5. The average molecular weight is 516 g/mol. The first kappa shape index (κ1) is 22.4. The number of carbonyl (C=O) groups is 3. The Balaban J connectivity index is 1.46. The van der Waals surface area contributed by atoms with E-state index in [1.165, 1.54) is 34.2 Å². The number of rotatable bonds is 6. The van der Waals surface area contributed by atoms with Crippen molar-refractivity contribution in [1.82, 2.24) is 24.8 Å². The lowest BCUT2D eigenvalue weighted by Gasteiger charge is -2.53. The third-order valence-electron chi connectivity index (χ3n) is 4.93. The molecule has 3 atom stereocenters. The maximum absolute atomic E-state index is 12.7. The smallest absolute Gasteiger partial charge is 0.316 e. The number of thiazole rings is 1. The van der Waals surface area contributed by atoms with Crippen LogP contribution in [0.1, 0.15) is 11.4 Å². The molecule has 168 valence electrons. The molecule has 2 aliphatic heterocycles. The average Bonchev–Trinajstić information content (AvgIpc) is 3.38. The summed E-state index contributed by atoms with van der Waals surface area (Å²) in [7, 11) is 0. The van der Waals surface area contributed by atoms with Crippen LogP contribution in [0.15, 0.2) is 16.6 Å². The topological polar surface area (TPSA) is 184 Å². The minimum absolute atomic E-state index is 0.0812. The summed E-state index contributed by atoms with van der Waals surface area (Å²) in [6, 6.07) is -0.895. The Bertz CT molecular complexity index is 1150. The Morgan fingerprint density at radius 3 is 2.84 bits per heavy atom. The summed E-state index contributed by atoms with van der Waals surface area (Å²) >= 11 is 9.23. The van der Waals surface area contributed by atoms with Crippen LogP contribution in [0.4, 0.5) is 5.13 Å². The standard InChI is InChI=1S/C16H14ClN7O5S3/c17-10-6(21-23-32-10)1-2-16(14(27)28)4-24-12(26)9(13(24)31-5-16)20-11(25)8(22-29)7-3-30-15(18)19-7/h1-3,9,13,29H,4-5H2,(H2,18,19)(H,20,25)(H,27,28)/t9?,13-,16?/m1/s1. The minimum atomic E-state index is -1.35. The fourth-order valence-corrected chi connectivity index (χ4v) is 5.90. The molecule has 2 aromatic rings. The monoisotopic (exact) mass is 515 g/mol. The van der Waals surface area contributed by atoms with Gasteiger partial charge in [-0.2, -0.15) is 0 Å². The number of carboxylic acids is 1. The first-order chi connectivity index (χ1) is 15.3. The number of thioether (sulfide) groups is 1. The van der Waals surface area contributed by atoms with Crippen LogP contribution in [-0.4, -0.2) is 77.0 Å². The fourth-order valence-electron chi connectivity index (χ4n) is 3.24. The van der Waals surface area contributed by atoms with Crippen molar-refractivity contribution in [3.8, 4) is 0 Å². The third-order valence-corrected chi connectivity index (χ3v) is 8.09. The van der Waals surface area contributed by atoms with Gasteiger partial charge < -0.3 is 26.3 Å². The van der Waals surface area contributed by atoms with Crippen molar-refractivity contribution in [1.29, 1.82) is 0 Å². The molecule has 0 spiro atoms. The number of hydrogen-bond acceptors (Lipinski definition) is 12. The number of amides is 2. The number of nitrogens with two attached hydrogens (primary N) is 1. The van der Waals surface area contributed by atoms with Gasteiger partial charge in [-0.05, 0) is 6.08 Å². The number of carbonyl (C=O) groups excluding carboxylic acids is 2. The number of fused-ring (bicyclic) bond motifs is 1. The highest BCUT2D eigenvalue weighted by Crippen LogP contribution is 2.43. The van der Waals surface area contributed by atoms with Gasteiger partial charge in [0, 0.05) is 29.2 Å². The molecule has 0 bridgehead atoms. The summed E-state index contributed by atoms with van der Waals surface area (Å²) in [5.74, 6) is -2.19. The molecule has 0 saturated carbocycles. The van der Waals surface area contributed by atoms with Gasteiger partial charge in [0.15, 0.2) is 10.8 Å². The fraction of sp³-hybridized carbons (Fsp3) is 0.312. The number of carboxylic acid groups (broad SMARTS) is 1. The molecule has 2 aromatic heterocycles. The number of hydrogen-bond donors (Lipinski definition) is 4. The molecule has 32 heavy (non-hydrogen) atoms. The zero-order chi connectivity index (χ0) is 23.0. The molecule has 0 radical (unpaired) electrons. The highest BCUT2D eigenvalue weighted by molar-refractivity contribution is 8.00. The minimum Gasteiger partial charge on any atom is -0.481 e. The molecular formula is C16H14ClN7O5S3. The number of anilines is 1. The molecule has 0 aliphatic carbocycles. The van der Waals surface area contributed by atoms with Crippen molar-refractivity contribution in [3.63, 3.8) is 0 Å². The summed E-state index contributed by atoms with van der Waals surface area (Å²) in [5.41, 5.74) is 4.25. The lowest BCUT2D eigenvalue weighted by molar-refractivity contribution is -0.155. The highest BCUT2D eigenvalue weighted by atomic mass is 35.5. The van der Waals surface area contributed by atoms with Crippen LogP contribution in [0.2, 0.25) is 4.34 Å². The van der Waals surface area contributed by atoms with Crippen LogP contribution >= 0.6 is 46.2 Å². The maximum Gasteiger partial charge on any atom is 0.316 e. The van der Waals surface area contributed by atoms with E-state index in [1.807, 2.05) is 0 Å². The number of oxime groups is 1. The van der Waals surface area contributed by atoms with Gasteiger partial charge in [-0.3, -0.25) is 14.4 Å². The van der Waals surface area contributed by atoms with Gasteiger partial charge in [-0.1, -0.05) is 27.3 Å². The Morgan fingerprint density at radius 1 is 1.47 bits per heavy atom. The van der Waals surface area contributed by atoms with E-state index in [0.717, 1.165) is 22.9 Å². The largest absolute Gasteiger partial charge is 0.481 e. The van der Waals surface area contributed by atoms with Gasteiger partial charge in [0.2, 0.25) is 5.91 Å². The number of nitrogen functional groups attached to an aromatic ring is 1. The van der Waals surface area contributed by atoms with Gasteiger partial charge in [-0.15, -0.1) is 28.2 Å². The number of aliphatic carboxylic acids is 1. The second-order valence-electron chi connectivity index (χ2n) is 6.86. The van der Waals surface area contributed by atoms with E-state index >= 15 is 0 Å². The lowest BCUT2D eigenvalue weighted by Crippen LogP contribution is -2.73. The highest BCUT2D eigenvalue weighted by Gasteiger charge is 2.57. The van der Waals surface area contributed by atoms with Gasteiger partial charge in [-0.25, -0.2) is 4.98 Å². The quantitative estimate of drug-likeness (QED) is 0.184. The Morgan fingerprint density at radius 2 is 2.25 bits per heavy atom. The second kappa shape index (κ2) is 8.65. The Hall–Kier alpha value is -2.75. The van der Waals surface area contributed by atoms with Gasteiger partial charge in [0.1, 0.15) is 32.6 Å². The van der Waals surface area contributed by atoms with E-state index in [0.29, 0.717) is 10.0 Å². The van der Waals surface area contributed by atoms with Gasteiger partial charge >= 0.3 is 5.97 Å². The van der Waals surface area contributed by atoms with E-state index in [2.05, 4.69) is 25.0 Å². The van der Waals surface area contributed by atoms with Crippen LogP contribution < -0.4 is 11.1 Å². The number of β-lactam (4-membered cyclic amide) rings is 1. The van der Waals surface area contributed by atoms with Crippen LogP contribution in [-0.2, 0) is 14.4 Å². The van der Waals surface area contributed by atoms with E-state index in [-0.39, 0.29) is 28.8 Å². The van der Waals surface area contributed by atoms with E-state index in [4.69, 9.17) is 17.3 Å². The molecule has 2 saturated heterocycles. The summed E-state index contributed by atoms with van der Waals surface area (Å²) in [4.78, 5) is 42.5. The van der Waals surface area contributed by atoms with Crippen LogP contribution in [0.25, 0.3) is 6.08 Å². The van der Waals surface area contributed by atoms with Crippen LogP contribution in [0.5, 0.6) is 0 Å². The Kier molecular flexibility index (Phi) is 6.07. The number of nitrogens with zero attached hydrogens (tertiary/aromatic N) is 5. The molecule has 5 N–H and O–H groups in total. The van der Waals surface area contributed by atoms with E-state index < -0.39 is 34.6 Å². The summed E-state index contributed by atoms with van der Waals surface area (Å²) < 4.78 is 4.03. The molecule has 12 nitrogen and oxygen atoms in total. The zero-order valence-electron chi connectivity index (χ0n) is 15.8. The van der Waals surface area contributed by atoms with Crippen molar-refractivity contribution < 1.29 is 24.7 Å². The Labute approximate surface area is 197 Å². The molecule has 2 unspecified atom stereocenters. The molecule has 4 heterocycles. The second-order valence-corrected chi connectivity index (χ2v) is 10.2. The summed E-state index contributed by atoms with van der Waals surface area (Å²) in [6.07, 6.45) is 2.94. The van der Waals surface area contributed by atoms with Crippen molar-refractivity contribution in [2.75, 3.05) is 18.0 Å². The van der Waals surface area contributed by atoms with E-state index in [1.54, 1.807) is 0 Å². The molecule has 16 heteroatoms. The van der Waals surface area contributed by atoms with Crippen molar-refractivity contribution in [2.24, 2.45) is 10.6 Å². The first-order valence-electron chi connectivity index (χ1n) is 8.82.